The zero-order valence-corrected chi connectivity index (χ0v) is 18.4. The molecule has 1 unspecified atom stereocenters. The molecule has 2 aromatic carbocycles. The van der Waals surface area contributed by atoms with Crippen molar-refractivity contribution in [1.82, 2.24) is 10.2 Å². The quantitative estimate of drug-likeness (QED) is 0.736. The van der Waals surface area contributed by atoms with Gasteiger partial charge in [-0.25, -0.2) is 0 Å². The van der Waals surface area contributed by atoms with Crippen LogP contribution in [0.15, 0.2) is 48.5 Å². The van der Waals surface area contributed by atoms with Gasteiger partial charge in [0.1, 0.15) is 0 Å². The van der Waals surface area contributed by atoms with Gasteiger partial charge in [-0.3, -0.25) is 4.79 Å². The summed E-state index contributed by atoms with van der Waals surface area (Å²) in [5, 5.41) is 3.16. The molecular weight excluding hydrogens is 382 g/mol. The van der Waals surface area contributed by atoms with Gasteiger partial charge in [0.05, 0.1) is 0 Å². The van der Waals surface area contributed by atoms with Gasteiger partial charge in [-0.15, -0.1) is 0 Å². The second-order valence-corrected chi connectivity index (χ2v) is 10.4. The van der Waals surface area contributed by atoms with Gasteiger partial charge in [-0.1, -0.05) is 30.3 Å². The number of hydrogen-bond acceptors (Lipinski definition) is 3. The van der Waals surface area contributed by atoms with E-state index in [9.17, 15) is 4.79 Å². The summed E-state index contributed by atoms with van der Waals surface area (Å²) in [4.78, 5) is 18.1. The maximum atomic E-state index is 12.8. The number of hydrogen-bond donors (Lipinski definition) is 1. The molecule has 0 radical (unpaired) electrons. The van der Waals surface area contributed by atoms with Crippen LogP contribution in [0.25, 0.3) is 0 Å². The van der Waals surface area contributed by atoms with E-state index in [0.29, 0.717) is 5.92 Å². The van der Waals surface area contributed by atoms with Crippen molar-refractivity contribution in [3.63, 3.8) is 0 Å². The first-order valence-electron chi connectivity index (χ1n) is 12.1. The molecule has 1 atom stereocenters. The standard InChI is InChI=1S/C27H33N3O/c31-26(28-15-20-6-7-20)23-10-11-25-24(14-23)27(12-13-29(18-27)16-22-8-9-22)19-30(25)17-21-4-2-1-3-5-21/h1-5,10-11,14,20,22H,6-9,12-13,15-19H2,(H,28,31). The fraction of sp³-hybridized carbons (Fsp3) is 0.519. The molecule has 3 fully saturated rings. The van der Waals surface area contributed by atoms with Gasteiger partial charge < -0.3 is 15.1 Å². The Labute approximate surface area is 185 Å². The summed E-state index contributed by atoms with van der Waals surface area (Å²) in [5.74, 6) is 1.73. The van der Waals surface area contributed by atoms with Gasteiger partial charge in [0, 0.05) is 49.4 Å². The predicted molar refractivity (Wildman–Crippen MR) is 124 cm³/mol. The number of fused-ring (bicyclic) bond motifs is 2. The van der Waals surface area contributed by atoms with Crippen molar-refractivity contribution in [3.8, 4) is 0 Å². The van der Waals surface area contributed by atoms with Crippen LogP contribution in [0.5, 0.6) is 0 Å². The van der Waals surface area contributed by atoms with Crippen LogP contribution < -0.4 is 10.2 Å². The van der Waals surface area contributed by atoms with Gasteiger partial charge in [0.2, 0.25) is 0 Å². The molecule has 2 aliphatic heterocycles. The van der Waals surface area contributed by atoms with Gasteiger partial charge in [0.15, 0.2) is 0 Å². The Morgan fingerprint density at radius 3 is 2.58 bits per heavy atom. The summed E-state index contributed by atoms with van der Waals surface area (Å²) in [6, 6.07) is 17.3. The van der Waals surface area contributed by atoms with E-state index in [1.165, 1.54) is 62.0 Å². The SMILES string of the molecule is O=C(NCC1CC1)c1ccc2c(c1)C1(CCN(CC3CC3)C1)CN2Cc1ccccc1. The maximum absolute atomic E-state index is 12.8. The van der Waals surface area contributed by atoms with Crippen LogP contribution in [0.2, 0.25) is 0 Å². The van der Waals surface area contributed by atoms with Crippen molar-refractivity contribution < 1.29 is 4.79 Å². The molecule has 2 heterocycles. The zero-order chi connectivity index (χ0) is 20.8. The molecule has 4 nitrogen and oxygen atoms in total. The number of likely N-dealkylation sites (tertiary alicyclic amines) is 1. The van der Waals surface area contributed by atoms with Crippen LogP contribution in [-0.4, -0.2) is 43.5 Å². The average molecular weight is 416 g/mol. The fourth-order valence-electron chi connectivity index (χ4n) is 5.65. The van der Waals surface area contributed by atoms with E-state index >= 15 is 0 Å². The lowest BCUT2D eigenvalue weighted by atomic mass is 9.81. The first-order chi connectivity index (χ1) is 15.2. The highest BCUT2D eigenvalue weighted by molar-refractivity contribution is 5.95. The Bertz CT molecular complexity index is 966. The summed E-state index contributed by atoms with van der Waals surface area (Å²) >= 11 is 0. The normalized spacial score (nSPS) is 25.2. The van der Waals surface area contributed by atoms with Crippen LogP contribution >= 0.6 is 0 Å². The second kappa shape index (κ2) is 7.67. The number of carbonyl (C=O) groups is 1. The highest BCUT2D eigenvalue weighted by Gasteiger charge is 2.48. The second-order valence-electron chi connectivity index (χ2n) is 10.4. The number of nitrogens with one attached hydrogen (secondary N) is 1. The first kappa shape index (κ1) is 19.4. The maximum Gasteiger partial charge on any atom is 0.251 e. The third-order valence-electron chi connectivity index (χ3n) is 7.77. The molecule has 2 aromatic rings. The molecule has 1 amide bonds. The van der Waals surface area contributed by atoms with E-state index < -0.39 is 0 Å². The molecule has 6 rings (SSSR count). The van der Waals surface area contributed by atoms with E-state index in [1.807, 2.05) is 6.07 Å². The molecule has 1 saturated heterocycles. The number of carbonyl (C=O) groups excluding carboxylic acids is 1. The lowest BCUT2D eigenvalue weighted by Crippen LogP contribution is -2.37. The van der Waals surface area contributed by atoms with Crippen molar-refractivity contribution in [1.29, 1.82) is 0 Å². The highest BCUT2D eigenvalue weighted by Crippen LogP contribution is 2.48. The molecule has 0 bridgehead atoms. The van der Waals surface area contributed by atoms with Gasteiger partial charge in [-0.2, -0.15) is 0 Å². The lowest BCUT2D eigenvalue weighted by Gasteiger charge is -2.27. The lowest BCUT2D eigenvalue weighted by molar-refractivity contribution is 0.0951. The minimum atomic E-state index is 0.0965. The third-order valence-corrected chi connectivity index (χ3v) is 7.77. The van der Waals surface area contributed by atoms with Crippen molar-refractivity contribution in [2.24, 2.45) is 11.8 Å². The summed E-state index contributed by atoms with van der Waals surface area (Å²) in [6.45, 7) is 6.41. The Kier molecular flexibility index (Phi) is 4.79. The van der Waals surface area contributed by atoms with Crippen LogP contribution in [0.4, 0.5) is 5.69 Å². The van der Waals surface area contributed by atoms with Crippen molar-refractivity contribution >= 4 is 11.6 Å². The molecule has 2 aliphatic carbocycles. The Balaban J connectivity index is 1.28. The average Bonchev–Trinajstić information content (AvgIpc) is 3.72. The summed E-state index contributed by atoms with van der Waals surface area (Å²) in [6.07, 6.45) is 6.54. The first-order valence-corrected chi connectivity index (χ1v) is 12.1. The minimum Gasteiger partial charge on any atom is -0.366 e. The largest absolute Gasteiger partial charge is 0.366 e. The molecule has 1 spiro atoms. The number of nitrogens with zero attached hydrogens (tertiary/aromatic N) is 2. The van der Waals surface area contributed by atoms with Crippen molar-refractivity contribution in [2.45, 2.75) is 44.1 Å². The Morgan fingerprint density at radius 1 is 1.00 bits per heavy atom. The van der Waals surface area contributed by atoms with E-state index in [0.717, 1.165) is 37.7 Å². The number of rotatable bonds is 7. The van der Waals surface area contributed by atoms with Gasteiger partial charge in [0.25, 0.3) is 5.91 Å². The van der Waals surface area contributed by atoms with Gasteiger partial charge >= 0.3 is 0 Å². The molecule has 2 saturated carbocycles. The topological polar surface area (TPSA) is 35.6 Å². The number of anilines is 1. The minimum absolute atomic E-state index is 0.0965. The van der Waals surface area contributed by atoms with Crippen LogP contribution in [-0.2, 0) is 12.0 Å². The Morgan fingerprint density at radius 2 is 1.81 bits per heavy atom. The van der Waals surface area contributed by atoms with E-state index in [2.05, 4.69) is 57.6 Å². The summed E-state index contributed by atoms with van der Waals surface area (Å²) in [7, 11) is 0. The third kappa shape index (κ3) is 3.98. The summed E-state index contributed by atoms with van der Waals surface area (Å²) in [5.41, 5.74) is 5.08. The highest BCUT2D eigenvalue weighted by atomic mass is 16.1. The Hall–Kier alpha value is -2.33. The van der Waals surface area contributed by atoms with Crippen LogP contribution in [0, 0.1) is 11.8 Å². The molecule has 0 aromatic heterocycles. The van der Waals surface area contributed by atoms with E-state index in [-0.39, 0.29) is 11.3 Å². The summed E-state index contributed by atoms with van der Waals surface area (Å²) < 4.78 is 0. The van der Waals surface area contributed by atoms with E-state index in [1.54, 1.807) is 0 Å². The zero-order valence-electron chi connectivity index (χ0n) is 18.4. The van der Waals surface area contributed by atoms with Crippen molar-refractivity contribution in [2.75, 3.05) is 37.6 Å². The van der Waals surface area contributed by atoms with Gasteiger partial charge in [-0.05, 0) is 79.8 Å². The monoisotopic (exact) mass is 415 g/mol. The molecular formula is C27H33N3O. The van der Waals surface area contributed by atoms with E-state index in [4.69, 9.17) is 0 Å². The number of amides is 1. The van der Waals surface area contributed by atoms with Crippen molar-refractivity contribution in [3.05, 3.63) is 65.2 Å². The smallest absolute Gasteiger partial charge is 0.251 e. The molecule has 162 valence electrons. The molecule has 1 N–H and O–H groups in total. The fourth-order valence-corrected chi connectivity index (χ4v) is 5.65. The molecule has 4 heteroatoms. The molecule has 4 aliphatic rings. The van der Waals surface area contributed by atoms with Crippen LogP contribution in [0.3, 0.4) is 0 Å². The predicted octanol–water partition coefficient (Wildman–Crippen LogP) is 4.20. The van der Waals surface area contributed by atoms with Crippen LogP contribution in [0.1, 0.15) is 53.6 Å². The number of benzene rings is 2. The molecule has 31 heavy (non-hydrogen) atoms.